The number of rotatable bonds is 4. The van der Waals surface area contributed by atoms with E-state index in [0.717, 1.165) is 26.2 Å². The van der Waals surface area contributed by atoms with Crippen LogP contribution in [0.25, 0.3) is 0 Å². The van der Waals surface area contributed by atoms with Gasteiger partial charge in [-0.15, -0.1) is 0 Å². The number of anilines is 1. The van der Waals surface area contributed by atoms with Crippen LogP contribution in [0.15, 0.2) is 10.6 Å². The molecule has 100 valence electrons. The fraction of sp³-hybridized carbons (Fsp3) is 0.667. The number of morpholine rings is 1. The maximum absolute atomic E-state index is 11.7. The highest BCUT2D eigenvalue weighted by atomic mass is 16.5. The highest BCUT2D eigenvalue weighted by Gasteiger charge is 2.17. The summed E-state index contributed by atoms with van der Waals surface area (Å²) in [4.78, 5) is 13.9. The molecule has 6 heteroatoms. The first-order chi connectivity index (χ1) is 8.63. The lowest BCUT2D eigenvalue weighted by Crippen LogP contribution is -2.42. The van der Waals surface area contributed by atoms with Crippen LogP contribution in [0.1, 0.15) is 19.1 Å². The van der Waals surface area contributed by atoms with E-state index in [4.69, 9.17) is 9.26 Å². The first-order valence-corrected chi connectivity index (χ1v) is 6.20. The molecule has 0 unspecified atom stereocenters. The van der Waals surface area contributed by atoms with Crippen LogP contribution in [0.2, 0.25) is 0 Å². The summed E-state index contributed by atoms with van der Waals surface area (Å²) in [5, 5.41) is 6.43. The highest BCUT2D eigenvalue weighted by Crippen LogP contribution is 2.08. The van der Waals surface area contributed by atoms with Crippen molar-refractivity contribution in [1.82, 2.24) is 10.1 Å². The molecule has 2 rings (SSSR count). The lowest BCUT2D eigenvalue weighted by atomic mass is 10.2. The molecular formula is C12H19N3O3. The van der Waals surface area contributed by atoms with E-state index in [1.807, 2.05) is 6.92 Å². The molecule has 0 aromatic carbocycles. The Balaban J connectivity index is 1.71. The molecule has 0 aliphatic carbocycles. The van der Waals surface area contributed by atoms with Crippen molar-refractivity contribution in [2.24, 2.45) is 0 Å². The van der Waals surface area contributed by atoms with Gasteiger partial charge in [-0.25, -0.2) is 0 Å². The molecule has 1 saturated heterocycles. The van der Waals surface area contributed by atoms with Gasteiger partial charge in [0.25, 0.3) is 0 Å². The van der Waals surface area contributed by atoms with Gasteiger partial charge in [-0.2, -0.15) is 0 Å². The van der Waals surface area contributed by atoms with Crippen LogP contribution in [0, 0.1) is 6.92 Å². The van der Waals surface area contributed by atoms with Gasteiger partial charge in [0.1, 0.15) is 5.76 Å². The van der Waals surface area contributed by atoms with E-state index in [-0.39, 0.29) is 12.0 Å². The van der Waals surface area contributed by atoms with Crippen LogP contribution in [0.5, 0.6) is 0 Å². The largest absolute Gasteiger partial charge is 0.376 e. The number of aryl methyl sites for hydroxylation is 1. The molecule has 1 aliphatic rings. The topological polar surface area (TPSA) is 67.6 Å². The van der Waals surface area contributed by atoms with Crippen LogP contribution in [0.4, 0.5) is 5.82 Å². The molecular weight excluding hydrogens is 234 g/mol. The first-order valence-electron chi connectivity index (χ1n) is 6.20. The fourth-order valence-electron chi connectivity index (χ4n) is 1.98. The Bertz CT molecular complexity index is 405. The number of ether oxygens (including phenoxy) is 1. The average molecular weight is 253 g/mol. The molecule has 18 heavy (non-hydrogen) atoms. The van der Waals surface area contributed by atoms with Gasteiger partial charge in [0.2, 0.25) is 5.91 Å². The zero-order valence-electron chi connectivity index (χ0n) is 10.8. The minimum atomic E-state index is -0.0394. The zero-order chi connectivity index (χ0) is 13.0. The maximum Gasteiger partial charge on any atom is 0.226 e. The third-order valence-electron chi connectivity index (χ3n) is 2.88. The van der Waals surface area contributed by atoms with Gasteiger partial charge in [0, 0.05) is 32.1 Å². The standard InChI is InChI=1S/C12H19N3O3/c1-9-7-11(14-18-9)13-12(16)3-4-15-5-6-17-10(2)8-15/h7,10H,3-6,8H2,1-2H3,(H,13,14,16)/t10-/m0/s1. The third-order valence-corrected chi connectivity index (χ3v) is 2.88. The van der Waals surface area contributed by atoms with Gasteiger partial charge in [0.15, 0.2) is 5.82 Å². The van der Waals surface area contributed by atoms with Gasteiger partial charge >= 0.3 is 0 Å². The smallest absolute Gasteiger partial charge is 0.226 e. The summed E-state index contributed by atoms with van der Waals surface area (Å²) in [6, 6.07) is 1.70. The van der Waals surface area contributed by atoms with Crippen molar-refractivity contribution in [2.75, 3.05) is 31.6 Å². The summed E-state index contributed by atoms with van der Waals surface area (Å²) in [6.07, 6.45) is 0.707. The van der Waals surface area contributed by atoms with Gasteiger partial charge in [0.05, 0.1) is 12.7 Å². The molecule has 1 amide bonds. The molecule has 2 heterocycles. The summed E-state index contributed by atoms with van der Waals surface area (Å²) in [6.45, 7) is 7.10. The number of aromatic nitrogens is 1. The lowest BCUT2D eigenvalue weighted by Gasteiger charge is -2.30. The molecule has 1 fully saturated rings. The minimum Gasteiger partial charge on any atom is -0.376 e. The number of nitrogens with zero attached hydrogens (tertiary/aromatic N) is 2. The van der Waals surface area contributed by atoms with Crippen LogP contribution < -0.4 is 5.32 Å². The summed E-state index contributed by atoms with van der Waals surface area (Å²) in [7, 11) is 0. The number of carbonyl (C=O) groups excluding carboxylic acids is 1. The SMILES string of the molecule is Cc1cc(NC(=O)CCN2CCO[C@@H](C)C2)no1. The number of carbonyl (C=O) groups is 1. The normalized spacial score (nSPS) is 20.9. The van der Waals surface area contributed by atoms with Crippen LogP contribution in [-0.4, -0.2) is 48.3 Å². The summed E-state index contributed by atoms with van der Waals surface area (Å²) >= 11 is 0. The Morgan fingerprint density at radius 1 is 1.67 bits per heavy atom. The molecule has 0 saturated carbocycles. The Labute approximate surface area is 106 Å². The van der Waals surface area contributed by atoms with Crippen molar-refractivity contribution in [3.8, 4) is 0 Å². The first kappa shape index (κ1) is 13.0. The van der Waals surface area contributed by atoms with Crippen molar-refractivity contribution < 1.29 is 14.1 Å². The summed E-state index contributed by atoms with van der Waals surface area (Å²) in [5.41, 5.74) is 0. The van der Waals surface area contributed by atoms with Gasteiger partial charge in [-0.05, 0) is 13.8 Å². The van der Waals surface area contributed by atoms with E-state index in [2.05, 4.69) is 15.4 Å². The van der Waals surface area contributed by atoms with Crippen molar-refractivity contribution in [3.63, 3.8) is 0 Å². The Morgan fingerprint density at radius 2 is 2.50 bits per heavy atom. The second kappa shape index (κ2) is 5.97. The quantitative estimate of drug-likeness (QED) is 0.868. The zero-order valence-corrected chi connectivity index (χ0v) is 10.8. The average Bonchev–Trinajstić information content (AvgIpc) is 2.72. The molecule has 1 N–H and O–H groups in total. The highest BCUT2D eigenvalue weighted by molar-refractivity contribution is 5.89. The van der Waals surface area contributed by atoms with E-state index in [0.29, 0.717) is 18.0 Å². The second-order valence-corrected chi connectivity index (χ2v) is 4.60. The molecule has 0 bridgehead atoms. The second-order valence-electron chi connectivity index (χ2n) is 4.60. The van der Waals surface area contributed by atoms with Crippen molar-refractivity contribution in [3.05, 3.63) is 11.8 Å². The van der Waals surface area contributed by atoms with E-state index in [9.17, 15) is 4.79 Å². The van der Waals surface area contributed by atoms with E-state index in [1.165, 1.54) is 0 Å². The molecule has 1 atom stereocenters. The van der Waals surface area contributed by atoms with Crippen LogP contribution >= 0.6 is 0 Å². The van der Waals surface area contributed by atoms with Gasteiger partial charge in [-0.3, -0.25) is 9.69 Å². The minimum absolute atomic E-state index is 0.0394. The predicted molar refractivity (Wildman–Crippen MR) is 66.3 cm³/mol. The van der Waals surface area contributed by atoms with Crippen molar-refractivity contribution in [1.29, 1.82) is 0 Å². The van der Waals surface area contributed by atoms with E-state index < -0.39 is 0 Å². The molecule has 1 aliphatic heterocycles. The summed E-state index contributed by atoms with van der Waals surface area (Å²) < 4.78 is 10.3. The molecule has 6 nitrogen and oxygen atoms in total. The predicted octanol–water partition coefficient (Wildman–Crippen LogP) is 1.03. The fourth-order valence-corrected chi connectivity index (χ4v) is 1.98. The van der Waals surface area contributed by atoms with E-state index >= 15 is 0 Å². The number of amides is 1. The number of hydrogen-bond acceptors (Lipinski definition) is 5. The monoisotopic (exact) mass is 253 g/mol. The Kier molecular flexibility index (Phi) is 4.33. The molecule has 0 spiro atoms. The molecule has 0 radical (unpaired) electrons. The summed E-state index contributed by atoms with van der Waals surface area (Å²) in [5.74, 6) is 1.13. The number of nitrogens with one attached hydrogen (secondary N) is 1. The molecule has 1 aromatic rings. The number of hydrogen-bond donors (Lipinski definition) is 1. The van der Waals surface area contributed by atoms with Crippen LogP contribution in [0.3, 0.4) is 0 Å². The van der Waals surface area contributed by atoms with Gasteiger partial charge < -0.3 is 14.6 Å². The van der Waals surface area contributed by atoms with Crippen molar-refractivity contribution >= 4 is 11.7 Å². The maximum atomic E-state index is 11.7. The Morgan fingerprint density at radius 3 is 3.17 bits per heavy atom. The third kappa shape index (κ3) is 3.82. The van der Waals surface area contributed by atoms with Gasteiger partial charge in [-0.1, -0.05) is 5.16 Å². The lowest BCUT2D eigenvalue weighted by molar-refractivity contribution is -0.117. The Hall–Kier alpha value is -1.40. The van der Waals surface area contributed by atoms with Crippen LogP contribution in [-0.2, 0) is 9.53 Å². The van der Waals surface area contributed by atoms with E-state index in [1.54, 1.807) is 13.0 Å². The molecule has 1 aromatic heterocycles. The van der Waals surface area contributed by atoms with Crippen molar-refractivity contribution in [2.45, 2.75) is 26.4 Å².